The standard InChI is InChI=1S/C27H37NO2/c1-2-3-4-5-6-7-8-9-10-17-22-28(25-20-15-12-16-21-25)27(30)23-26(29)24-18-13-11-14-19-24/h11-16,18-21H,2-10,17,22-23H2,1H3. The van der Waals surface area contributed by atoms with E-state index in [1.54, 1.807) is 17.0 Å². The Morgan fingerprint density at radius 1 is 0.667 bits per heavy atom. The molecule has 3 heteroatoms. The van der Waals surface area contributed by atoms with Crippen LogP contribution in [0.15, 0.2) is 60.7 Å². The van der Waals surface area contributed by atoms with Crippen LogP contribution in [-0.2, 0) is 4.79 Å². The van der Waals surface area contributed by atoms with Gasteiger partial charge in [0.2, 0.25) is 5.91 Å². The van der Waals surface area contributed by atoms with Crippen LogP contribution in [0.3, 0.4) is 0 Å². The Balaban J connectivity index is 1.78. The van der Waals surface area contributed by atoms with Gasteiger partial charge in [0.15, 0.2) is 5.78 Å². The van der Waals surface area contributed by atoms with Crippen molar-refractivity contribution in [3.8, 4) is 0 Å². The molecule has 0 bridgehead atoms. The first-order chi connectivity index (χ1) is 14.7. The van der Waals surface area contributed by atoms with E-state index >= 15 is 0 Å². The summed E-state index contributed by atoms with van der Waals surface area (Å²) in [5.74, 6) is -0.240. The highest BCUT2D eigenvalue weighted by molar-refractivity contribution is 6.11. The lowest BCUT2D eigenvalue weighted by Gasteiger charge is -2.23. The quantitative estimate of drug-likeness (QED) is 0.178. The van der Waals surface area contributed by atoms with E-state index in [1.807, 2.05) is 48.5 Å². The van der Waals surface area contributed by atoms with Crippen LogP contribution in [0.1, 0.15) is 87.9 Å². The average Bonchev–Trinajstić information content (AvgIpc) is 2.78. The van der Waals surface area contributed by atoms with Crippen LogP contribution in [0.25, 0.3) is 0 Å². The van der Waals surface area contributed by atoms with Crippen LogP contribution in [0, 0.1) is 0 Å². The molecule has 0 aromatic heterocycles. The number of nitrogens with zero attached hydrogens (tertiary/aromatic N) is 1. The summed E-state index contributed by atoms with van der Waals surface area (Å²) in [4.78, 5) is 27.2. The summed E-state index contributed by atoms with van der Waals surface area (Å²) in [5, 5.41) is 0. The molecular formula is C27H37NO2. The fourth-order valence-electron chi connectivity index (χ4n) is 3.72. The van der Waals surface area contributed by atoms with Gasteiger partial charge >= 0.3 is 0 Å². The number of unbranched alkanes of at least 4 members (excludes halogenated alkanes) is 9. The molecule has 30 heavy (non-hydrogen) atoms. The van der Waals surface area contributed by atoms with E-state index in [4.69, 9.17) is 0 Å². The first kappa shape index (κ1) is 23.9. The van der Waals surface area contributed by atoms with Gasteiger partial charge in [-0.2, -0.15) is 0 Å². The van der Waals surface area contributed by atoms with Crippen molar-refractivity contribution in [1.29, 1.82) is 0 Å². The number of hydrogen-bond acceptors (Lipinski definition) is 2. The van der Waals surface area contributed by atoms with Gasteiger partial charge in [-0.25, -0.2) is 0 Å². The lowest BCUT2D eigenvalue weighted by atomic mass is 10.1. The third-order valence-corrected chi connectivity index (χ3v) is 5.51. The van der Waals surface area contributed by atoms with Crippen molar-refractivity contribution >= 4 is 17.4 Å². The smallest absolute Gasteiger partial charge is 0.234 e. The maximum Gasteiger partial charge on any atom is 0.234 e. The third kappa shape index (κ3) is 8.94. The van der Waals surface area contributed by atoms with Gasteiger partial charge in [0.1, 0.15) is 0 Å². The van der Waals surface area contributed by atoms with Gasteiger partial charge in [-0.3, -0.25) is 9.59 Å². The van der Waals surface area contributed by atoms with Gasteiger partial charge < -0.3 is 4.90 Å². The second kappa shape index (κ2) is 14.5. The van der Waals surface area contributed by atoms with Gasteiger partial charge in [-0.15, -0.1) is 0 Å². The molecule has 0 aliphatic rings. The maximum absolute atomic E-state index is 12.9. The van der Waals surface area contributed by atoms with Crippen molar-refractivity contribution in [3.05, 3.63) is 66.2 Å². The van der Waals surface area contributed by atoms with Crippen molar-refractivity contribution in [3.63, 3.8) is 0 Å². The Labute approximate surface area is 182 Å². The van der Waals surface area contributed by atoms with Crippen LogP contribution in [0.4, 0.5) is 5.69 Å². The topological polar surface area (TPSA) is 37.4 Å². The molecule has 2 aromatic carbocycles. The Bertz CT molecular complexity index is 727. The minimum Gasteiger partial charge on any atom is -0.312 e. The molecule has 0 aliphatic carbocycles. The molecule has 0 saturated carbocycles. The number of ketones is 1. The van der Waals surface area contributed by atoms with Gasteiger partial charge in [0, 0.05) is 17.8 Å². The largest absolute Gasteiger partial charge is 0.312 e. The number of amides is 1. The first-order valence-corrected chi connectivity index (χ1v) is 11.7. The summed E-state index contributed by atoms with van der Waals surface area (Å²) in [6.07, 6.45) is 12.5. The monoisotopic (exact) mass is 407 g/mol. The normalized spacial score (nSPS) is 10.7. The average molecular weight is 408 g/mol. The number of benzene rings is 2. The van der Waals surface area contributed by atoms with Crippen LogP contribution in [0.2, 0.25) is 0 Å². The Morgan fingerprint density at radius 2 is 1.17 bits per heavy atom. The van der Waals surface area contributed by atoms with Crippen molar-refractivity contribution < 1.29 is 9.59 Å². The van der Waals surface area contributed by atoms with Crippen LogP contribution >= 0.6 is 0 Å². The van der Waals surface area contributed by atoms with Crippen molar-refractivity contribution in [2.45, 2.75) is 77.6 Å². The maximum atomic E-state index is 12.9. The molecule has 0 radical (unpaired) electrons. The zero-order valence-electron chi connectivity index (χ0n) is 18.5. The highest BCUT2D eigenvalue weighted by Gasteiger charge is 2.19. The highest BCUT2D eigenvalue weighted by atomic mass is 16.2. The van der Waals surface area contributed by atoms with Crippen molar-refractivity contribution in [2.75, 3.05) is 11.4 Å². The molecule has 2 rings (SSSR count). The predicted octanol–water partition coefficient (Wildman–Crippen LogP) is 7.21. The molecular weight excluding hydrogens is 370 g/mol. The zero-order chi connectivity index (χ0) is 21.4. The van der Waals surface area contributed by atoms with Crippen molar-refractivity contribution in [2.24, 2.45) is 0 Å². The number of rotatable bonds is 15. The molecule has 1 amide bonds. The van der Waals surface area contributed by atoms with Gasteiger partial charge in [0.05, 0.1) is 6.42 Å². The molecule has 0 aliphatic heterocycles. The predicted molar refractivity (Wildman–Crippen MR) is 126 cm³/mol. The van der Waals surface area contributed by atoms with E-state index in [0.717, 1.165) is 18.5 Å². The van der Waals surface area contributed by atoms with Gasteiger partial charge in [-0.1, -0.05) is 113 Å². The molecule has 0 fully saturated rings. The van der Waals surface area contributed by atoms with E-state index in [1.165, 1.54) is 51.4 Å². The zero-order valence-corrected chi connectivity index (χ0v) is 18.5. The fourth-order valence-corrected chi connectivity index (χ4v) is 3.72. The molecule has 0 unspecified atom stereocenters. The molecule has 0 heterocycles. The Kier molecular flexibility index (Phi) is 11.6. The minimum absolute atomic E-state index is 0.0866. The molecule has 2 aromatic rings. The number of anilines is 1. The lowest BCUT2D eigenvalue weighted by Crippen LogP contribution is -2.33. The number of para-hydroxylation sites is 1. The molecule has 0 atom stereocenters. The van der Waals surface area contributed by atoms with Gasteiger partial charge in [-0.05, 0) is 18.6 Å². The number of carbonyl (C=O) groups is 2. The van der Waals surface area contributed by atoms with E-state index < -0.39 is 0 Å². The minimum atomic E-state index is -0.121. The van der Waals surface area contributed by atoms with Crippen LogP contribution in [-0.4, -0.2) is 18.2 Å². The fraction of sp³-hybridized carbons (Fsp3) is 0.481. The highest BCUT2D eigenvalue weighted by Crippen LogP contribution is 2.18. The number of hydrogen-bond donors (Lipinski definition) is 0. The van der Waals surface area contributed by atoms with E-state index in [9.17, 15) is 9.59 Å². The number of Topliss-reactive ketones (excluding diaryl/α,β-unsaturated/α-hetero) is 1. The molecule has 3 nitrogen and oxygen atoms in total. The van der Waals surface area contributed by atoms with Crippen LogP contribution in [0.5, 0.6) is 0 Å². The molecule has 162 valence electrons. The summed E-state index contributed by atoms with van der Waals surface area (Å²) in [5.41, 5.74) is 1.47. The molecule has 0 N–H and O–H groups in total. The lowest BCUT2D eigenvalue weighted by molar-refractivity contribution is -0.117. The van der Waals surface area contributed by atoms with E-state index in [0.29, 0.717) is 12.1 Å². The first-order valence-electron chi connectivity index (χ1n) is 11.7. The second-order valence-electron chi connectivity index (χ2n) is 8.03. The summed E-state index contributed by atoms with van der Waals surface area (Å²) in [6, 6.07) is 18.8. The Hall–Kier alpha value is -2.42. The van der Waals surface area contributed by atoms with Crippen LogP contribution < -0.4 is 4.90 Å². The molecule has 0 spiro atoms. The SMILES string of the molecule is CCCCCCCCCCCCN(C(=O)CC(=O)c1ccccc1)c1ccccc1. The molecule has 0 saturated heterocycles. The van der Waals surface area contributed by atoms with E-state index in [2.05, 4.69) is 6.92 Å². The summed E-state index contributed by atoms with van der Waals surface area (Å²) in [7, 11) is 0. The second-order valence-corrected chi connectivity index (χ2v) is 8.03. The summed E-state index contributed by atoms with van der Waals surface area (Å²) in [6.45, 7) is 2.92. The van der Waals surface area contributed by atoms with Gasteiger partial charge in [0.25, 0.3) is 0 Å². The summed E-state index contributed by atoms with van der Waals surface area (Å²) >= 11 is 0. The van der Waals surface area contributed by atoms with E-state index in [-0.39, 0.29) is 18.1 Å². The number of carbonyl (C=O) groups excluding carboxylic acids is 2. The third-order valence-electron chi connectivity index (χ3n) is 5.51. The summed E-state index contributed by atoms with van der Waals surface area (Å²) < 4.78 is 0. The van der Waals surface area contributed by atoms with Crippen molar-refractivity contribution in [1.82, 2.24) is 0 Å². The Morgan fingerprint density at radius 3 is 1.73 bits per heavy atom.